The van der Waals surface area contributed by atoms with Gasteiger partial charge in [0.2, 0.25) is 5.91 Å². The molecule has 4 aliphatic rings. The summed E-state index contributed by atoms with van der Waals surface area (Å²) in [5.74, 6) is 1.75. The van der Waals surface area contributed by atoms with Gasteiger partial charge in [0.1, 0.15) is 0 Å². The molecule has 1 amide bonds. The quantitative estimate of drug-likeness (QED) is 0.883. The van der Waals surface area contributed by atoms with Gasteiger partial charge < -0.3 is 10.6 Å². The molecule has 1 aromatic carbocycles. The number of amides is 1. The van der Waals surface area contributed by atoms with E-state index in [0.29, 0.717) is 30.0 Å². The number of hydrogen-bond donors (Lipinski definition) is 2. The van der Waals surface area contributed by atoms with Crippen LogP contribution in [0.4, 0.5) is 0 Å². The second-order valence-electron chi connectivity index (χ2n) is 9.18. The van der Waals surface area contributed by atoms with Crippen LogP contribution in [0.3, 0.4) is 0 Å². The average Bonchev–Trinajstić information content (AvgIpc) is 3.31. The summed E-state index contributed by atoms with van der Waals surface area (Å²) in [6, 6.07) is 12.3. The van der Waals surface area contributed by atoms with Crippen LogP contribution in [-0.2, 0) is 11.2 Å². The topological polar surface area (TPSA) is 41.1 Å². The van der Waals surface area contributed by atoms with E-state index in [-0.39, 0.29) is 5.41 Å². The molecule has 2 N–H and O–H groups in total. The molecule has 3 heteroatoms. The van der Waals surface area contributed by atoms with Gasteiger partial charge in [0.05, 0.1) is 5.41 Å². The van der Waals surface area contributed by atoms with Crippen LogP contribution in [0.2, 0.25) is 0 Å². The Kier molecular flexibility index (Phi) is 3.89. The second-order valence-corrected chi connectivity index (χ2v) is 9.18. The fraction of sp³-hybridized carbons (Fsp3) is 0.682. The lowest BCUT2D eigenvalue weighted by Gasteiger charge is -2.39. The van der Waals surface area contributed by atoms with Gasteiger partial charge in [0, 0.05) is 18.1 Å². The monoisotopic (exact) mass is 338 g/mol. The van der Waals surface area contributed by atoms with Crippen molar-refractivity contribution >= 4 is 5.91 Å². The molecule has 2 heterocycles. The Bertz CT molecular complexity index is 633. The first-order valence-electron chi connectivity index (χ1n) is 10.3. The van der Waals surface area contributed by atoms with Crippen LogP contribution in [0.1, 0.15) is 56.9 Å². The Morgan fingerprint density at radius 2 is 1.80 bits per heavy atom. The van der Waals surface area contributed by atoms with Crippen LogP contribution in [0.25, 0.3) is 0 Å². The molecule has 2 saturated heterocycles. The number of rotatable bonds is 4. The molecular weight excluding hydrogens is 308 g/mol. The van der Waals surface area contributed by atoms with Gasteiger partial charge >= 0.3 is 0 Å². The van der Waals surface area contributed by atoms with E-state index in [9.17, 15) is 4.79 Å². The van der Waals surface area contributed by atoms with Crippen molar-refractivity contribution in [2.75, 3.05) is 0 Å². The van der Waals surface area contributed by atoms with E-state index >= 15 is 0 Å². The van der Waals surface area contributed by atoms with E-state index in [1.54, 1.807) is 0 Å². The number of benzene rings is 1. The largest absolute Gasteiger partial charge is 0.353 e. The van der Waals surface area contributed by atoms with Crippen LogP contribution in [0.5, 0.6) is 0 Å². The van der Waals surface area contributed by atoms with Crippen molar-refractivity contribution in [3.05, 3.63) is 35.9 Å². The fourth-order valence-corrected chi connectivity index (χ4v) is 6.48. The molecule has 3 nitrogen and oxygen atoms in total. The molecule has 2 aliphatic heterocycles. The van der Waals surface area contributed by atoms with E-state index in [0.717, 1.165) is 31.6 Å². The highest BCUT2D eigenvalue weighted by atomic mass is 16.2. The number of carbonyl (C=O) groups excluding carboxylic acids is 1. The molecule has 134 valence electrons. The first-order chi connectivity index (χ1) is 12.2. The Balaban J connectivity index is 1.36. The zero-order chi connectivity index (χ0) is 16.9. The number of nitrogens with one attached hydrogen (secondary N) is 2. The summed E-state index contributed by atoms with van der Waals surface area (Å²) >= 11 is 0. The van der Waals surface area contributed by atoms with Gasteiger partial charge in [-0.1, -0.05) is 36.8 Å². The molecule has 0 aromatic heterocycles. The van der Waals surface area contributed by atoms with Gasteiger partial charge in [-0.05, 0) is 68.8 Å². The van der Waals surface area contributed by atoms with Gasteiger partial charge in [0.15, 0.2) is 0 Å². The zero-order valence-corrected chi connectivity index (χ0v) is 15.0. The molecule has 4 fully saturated rings. The van der Waals surface area contributed by atoms with E-state index < -0.39 is 0 Å². The van der Waals surface area contributed by atoms with Gasteiger partial charge in [0.25, 0.3) is 0 Å². The molecule has 5 rings (SSSR count). The molecule has 25 heavy (non-hydrogen) atoms. The van der Waals surface area contributed by atoms with Crippen LogP contribution >= 0.6 is 0 Å². The van der Waals surface area contributed by atoms with Crippen molar-refractivity contribution in [2.24, 2.45) is 17.3 Å². The van der Waals surface area contributed by atoms with Crippen LogP contribution in [0.15, 0.2) is 30.3 Å². The summed E-state index contributed by atoms with van der Waals surface area (Å²) in [7, 11) is 0. The molecule has 2 aliphatic carbocycles. The molecule has 1 aromatic rings. The van der Waals surface area contributed by atoms with Crippen molar-refractivity contribution in [2.45, 2.75) is 75.9 Å². The Morgan fingerprint density at radius 1 is 1.04 bits per heavy atom. The third-order valence-electron chi connectivity index (χ3n) is 7.60. The van der Waals surface area contributed by atoms with Crippen molar-refractivity contribution < 1.29 is 4.79 Å². The van der Waals surface area contributed by atoms with Crippen LogP contribution in [-0.4, -0.2) is 24.0 Å². The maximum atomic E-state index is 13.5. The predicted molar refractivity (Wildman–Crippen MR) is 99.1 cm³/mol. The smallest absolute Gasteiger partial charge is 0.227 e. The summed E-state index contributed by atoms with van der Waals surface area (Å²) in [5.41, 5.74) is 1.18. The number of piperidine rings is 1. The third kappa shape index (κ3) is 2.81. The minimum atomic E-state index is -0.145. The van der Waals surface area contributed by atoms with Gasteiger partial charge in [-0.15, -0.1) is 0 Å². The minimum absolute atomic E-state index is 0.145. The van der Waals surface area contributed by atoms with Crippen molar-refractivity contribution in [1.82, 2.24) is 10.6 Å². The molecule has 2 saturated carbocycles. The van der Waals surface area contributed by atoms with E-state index in [1.807, 2.05) is 0 Å². The van der Waals surface area contributed by atoms with Crippen LogP contribution < -0.4 is 10.6 Å². The maximum Gasteiger partial charge on any atom is 0.227 e. The Labute approximate surface area is 151 Å². The summed E-state index contributed by atoms with van der Waals surface area (Å²) in [6.07, 6.45) is 10.7. The Morgan fingerprint density at radius 3 is 2.44 bits per heavy atom. The lowest BCUT2D eigenvalue weighted by Crippen LogP contribution is -2.53. The molecule has 0 radical (unpaired) electrons. The first-order valence-corrected chi connectivity index (χ1v) is 10.3. The van der Waals surface area contributed by atoms with Crippen LogP contribution in [0, 0.1) is 17.3 Å². The van der Waals surface area contributed by atoms with Crippen molar-refractivity contribution in [1.29, 1.82) is 0 Å². The molecular formula is C22H30N2O. The minimum Gasteiger partial charge on any atom is -0.353 e. The molecule has 5 atom stereocenters. The lowest BCUT2D eigenvalue weighted by atomic mass is 9.68. The van der Waals surface area contributed by atoms with Gasteiger partial charge in [-0.25, -0.2) is 0 Å². The SMILES string of the molecule is O=C(NC1CC2CCC(C1)N2)C1(Cc2ccccc2)CC2CCC1C2. The summed E-state index contributed by atoms with van der Waals surface area (Å²) in [6.45, 7) is 0. The molecule has 5 unspecified atom stereocenters. The van der Waals surface area contributed by atoms with Crippen molar-refractivity contribution in [3.8, 4) is 0 Å². The Hall–Kier alpha value is -1.35. The third-order valence-corrected chi connectivity index (χ3v) is 7.60. The lowest BCUT2D eigenvalue weighted by molar-refractivity contribution is -0.135. The second kappa shape index (κ2) is 6.12. The summed E-state index contributed by atoms with van der Waals surface area (Å²) in [4.78, 5) is 13.5. The van der Waals surface area contributed by atoms with E-state index in [1.165, 1.54) is 37.7 Å². The molecule has 4 bridgehead atoms. The first kappa shape index (κ1) is 15.9. The number of fused-ring (bicyclic) bond motifs is 4. The highest BCUT2D eigenvalue weighted by Gasteiger charge is 2.55. The summed E-state index contributed by atoms with van der Waals surface area (Å²) < 4.78 is 0. The summed E-state index contributed by atoms with van der Waals surface area (Å²) in [5, 5.41) is 7.22. The zero-order valence-electron chi connectivity index (χ0n) is 15.0. The average molecular weight is 338 g/mol. The fourth-order valence-electron chi connectivity index (χ4n) is 6.48. The van der Waals surface area contributed by atoms with Crippen molar-refractivity contribution in [3.63, 3.8) is 0 Å². The normalized spacial score (nSPS) is 41.8. The molecule has 0 spiro atoms. The number of hydrogen-bond acceptors (Lipinski definition) is 2. The predicted octanol–water partition coefficient (Wildman–Crippen LogP) is 3.43. The van der Waals surface area contributed by atoms with E-state index in [4.69, 9.17) is 0 Å². The van der Waals surface area contributed by atoms with Gasteiger partial charge in [-0.3, -0.25) is 4.79 Å². The maximum absolute atomic E-state index is 13.5. The number of carbonyl (C=O) groups is 1. The standard InChI is InChI=1S/C22H30N2O/c25-21(24-20-11-18-8-9-19(12-20)23-18)22(13-15-4-2-1-3-5-15)14-16-6-7-17(22)10-16/h1-5,16-20,23H,6-14H2,(H,24,25). The highest BCUT2D eigenvalue weighted by Crippen LogP contribution is 2.57. The van der Waals surface area contributed by atoms with Gasteiger partial charge in [-0.2, -0.15) is 0 Å². The highest BCUT2D eigenvalue weighted by molar-refractivity contribution is 5.84. The van der Waals surface area contributed by atoms with E-state index in [2.05, 4.69) is 41.0 Å².